The van der Waals surface area contributed by atoms with Crippen molar-refractivity contribution in [3.05, 3.63) is 60.0 Å². The fraction of sp³-hybridized carbons (Fsp3) is 0.227. The van der Waals surface area contributed by atoms with Gasteiger partial charge in [-0.3, -0.25) is 14.8 Å². The molecule has 0 aliphatic rings. The highest BCUT2D eigenvalue weighted by Gasteiger charge is 2.24. The van der Waals surface area contributed by atoms with Gasteiger partial charge in [-0.2, -0.15) is 0 Å². The number of hydrogen-bond donors (Lipinski definition) is 1. The Bertz CT molecular complexity index is 998. The van der Waals surface area contributed by atoms with Crippen LogP contribution in [0.15, 0.2) is 55.0 Å². The monoisotopic (exact) mass is 395 g/mol. The molecule has 0 fully saturated rings. The summed E-state index contributed by atoms with van der Waals surface area (Å²) in [6.45, 7) is 5.59. The molecule has 0 aliphatic carbocycles. The second-order valence-corrected chi connectivity index (χ2v) is 7.79. The van der Waals surface area contributed by atoms with Crippen molar-refractivity contribution >= 4 is 23.2 Å². The number of hydrogen-bond acceptors (Lipinski definition) is 4. The minimum atomic E-state index is -0.538. The fourth-order valence-electron chi connectivity index (χ4n) is 2.70. The molecule has 0 saturated carbocycles. The smallest absolute Gasteiger partial charge is 0.229 e. The Morgan fingerprint density at radius 1 is 1.14 bits per heavy atom. The number of benzene rings is 1. The molecule has 28 heavy (non-hydrogen) atoms. The molecule has 0 radical (unpaired) electrons. The van der Waals surface area contributed by atoms with E-state index < -0.39 is 5.41 Å². The minimum Gasteiger partial charge on any atom is -0.496 e. The topological polar surface area (TPSA) is 64.1 Å². The Labute approximate surface area is 169 Å². The first kappa shape index (κ1) is 19.8. The number of ether oxygens (including phenoxy) is 1. The Balaban J connectivity index is 2.16. The summed E-state index contributed by atoms with van der Waals surface area (Å²) in [5, 5.41) is 3.46. The largest absolute Gasteiger partial charge is 0.496 e. The lowest BCUT2D eigenvalue weighted by Crippen LogP contribution is -2.27. The van der Waals surface area contributed by atoms with Crippen molar-refractivity contribution in [2.75, 3.05) is 12.4 Å². The number of pyridine rings is 2. The van der Waals surface area contributed by atoms with Gasteiger partial charge in [0.2, 0.25) is 5.91 Å². The van der Waals surface area contributed by atoms with Gasteiger partial charge in [0.05, 0.1) is 23.5 Å². The summed E-state index contributed by atoms with van der Waals surface area (Å²) in [5.74, 6) is 0.511. The summed E-state index contributed by atoms with van der Waals surface area (Å²) in [6, 6.07) is 11.2. The van der Waals surface area contributed by atoms with Gasteiger partial charge in [-0.05, 0) is 30.3 Å². The van der Waals surface area contributed by atoms with Gasteiger partial charge in [-0.15, -0.1) is 0 Å². The van der Waals surface area contributed by atoms with Crippen molar-refractivity contribution in [1.82, 2.24) is 9.97 Å². The molecular weight excluding hydrogens is 374 g/mol. The Morgan fingerprint density at radius 3 is 2.57 bits per heavy atom. The lowest BCUT2D eigenvalue weighted by atomic mass is 9.94. The van der Waals surface area contributed by atoms with Crippen LogP contribution in [0.1, 0.15) is 20.8 Å². The second kappa shape index (κ2) is 7.98. The number of aromatic nitrogens is 2. The Hall–Kier alpha value is -2.92. The van der Waals surface area contributed by atoms with E-state index in [-0.39, 0.29) is 5.91 Å². The number of carbonyl (C=O) groups is 1. The number of halogens is 1. The highest BCUT2D eigenvalue weighted by atomic mass is 35.5. The fourth-order valence-corrected chi connectivity index (χ4v) is 2.89. The summed E-state index contributed by atoms with van der Waals surface area (Å²) in [6.07, 6.45) is 5.05. The van der Waals surface area contributed by atoms with Gasteiger partial charge in [0.25, 0.3) is 0 Å². The van der Waals surface area contributed by atoms with E-state index in [1.807, 2.05) is 57.2 Å². The van der Waals surface area contributed by atoms with Crippen LogP contribution in [0.4, 0.5) is 5.69 Å². The number of nitrogens with zero attached hydrogens (tertiary/aromatic N) is 2. The van der Waals surface area contributed by atoms with Gasteiger partial charge in [0.1, 0.15) is 5.75 Å². The van der Waals surface area contributed by atoms with Crippen molar-refractivity contribution in [2.24, 2.45) is 5.41 Å². The van der Waals surface area contributed by atoms with Crippen molar-refractivity contribution in [3.8, 4) is 28.1 Å². The first-order valence-electron chi connectivity index (χ1n) is 8.86. The molecule has 1 amide bonds. The number of amides is 1. The summed E-state index contributed by atoms with van der Waals surface area (Å²) in [4.78, 5) is 21.2. The van der Waals surface area contributed by atoms with Crippen LogP contribution in [0, 0.1) is 5.41 Å². The van der Waals surface area contributed by atoms with Crippen LogP contribution >= 0.6 is 11.6 Å². The molecule has 0 saturated heterocycles. The molecule has 3 rings (SSSR count). The zero-order valence-corrected chi connectivity index (χ0v) is 17.0. The lowest BCUT2D eigenvalue weighted by Gasteiger charge is -2.21. The number of anilines is 1. The van der Waals surface area contributed by atoms with E-state index in [4.69, 9.17) is 16.3 Å². The maximum absolute atomic E-state index is 12.6. The van der Waals surface area contributed by atoms with E-state index in [1.165, 1.54) is 0 Å². The predicted molar refractivity (Wildman–Crippen MR) is 113 cm³/mol. The Morgan fingerprint density at radius 2 is 1.93 bits per heavy atom. The van der Waals surface area contributed by atoms with E-state index in [0.717, 1.165) is 16.8 Å². The zero-order chi connectivity index (χ0) is 20.3. The van der Waals surface area contributed by atoms with Crippen LogP contribution in [0.5, 0.6) is 5.75 Å². The molecule has 0 unspecified atom stereocenters. The number of nitrogens with one attached hydrogen (secondary N) is 1. The quantitative estimate of drug-likeness (QED) is 0.637. The third-order valence-corrected chi connectivity index (χ3v) is 4.56. The van der Waals surface area contributed by atoms with Gasteiger partial charge >= 0.3 is 0 Å². The molecule has 2 heterocycles. The van der Waals surface area contributed by atoms with Crippen LogP contribution in [-0.2, 0) is 4.79 Å². The normalized spacial score (nSPS) is 11.2. The van der Waals surface area contributed by atoms with Crippen molar-refractivity contribution in [2.45, 2.75) is 20.8 Å². The molecular formula is C22H22ClN3O2. The van der Waals surface area contributed by atoms with Gasteiger partial charge in [-0.1, -0.05) is 38.4 Å². The van der Waals surface area contributed by atoms with Crippen LogP contribution in [-0.4, -0.2) is 23.0 Å². The number of rotatable bonds is 4. The average molecular weight is 396 g/mol. The maximum atomic E-state index is 12.6. The summed E-state index contributed by atoms with van der Waals surface area (Å²) in [7, 11) is 1.59. The SMILES string of the molecule is COc1cccc(NC(=O)C(C)(C)C)c1-c1cc(-c2cccnc2)ncc1Cl. The van der Waals surface area contributed by atoms with Gasteiger partial charge < -0.3 is 10.1 Å². The van der Waals surface area contributed by atoms with Gasteiger partial charge in [0.15, 0.2) is 0 Å². The van der Waals surface area contributed by atoms with Crippen LogP contribution < -0.4 is 10.1 Å². The molecule has 2 aromatic heterocycles. The Kier molecular flexibility index (Phi) is 5.66. The van der Waals surface area contributed by atoms with E-state index in [0.29, 0.717) is 22.0 Å². The lowest BCUT2D eigenvalue weighted by molar-refractivity contribution is -0.123. The van der Waals surface area contributed by atoms with E-state index in [2.05, 4.69) is 15.3 Å². The summed E-state index contributed by atoms with van der Waals surface area (Å²) >= 11 is 6.50. The molecule has 1 aromatic carbocycles. The minimum absolute atomic E-state index is 0.0975. The third kappa shape index (κ3) is 4.15. The highest BCUT2D eigenvalue weighted by Crippen LogP contribution is 2.41. The highest BCUT2D eigenvalue weighted by molar-refractivity contribution is 6.33. The molecule has 0 aliphatic heterocycles. The van der Waals surface area contributed by atoms with Crippen molar-refractivity contribution < 1.29 is 9.53 Å². The predicted octanol–water partition coefficient (Wildman–Crippen LogP) is 5.46. The van der Waals surface area contributed by atoms with Crippen LogP contribution in [0.25, 0.3) is 22.4 Å². The van der Waals surface area contributed by atoms with E-state index in [9.17, 15) is 4.79 Å². The number of methoxy groups -OCH3 is 1. The number of carbonyl (C=O) groups excluding carboxylic acids is 1. The second-order valence-electron chi connectivity index (χ2n) is 7.38. The third-order valence-electron chi connectivity index (χ3n) is 4.26. The maximum Gasteiger partial charge on any atom is 0.229 e. The molecule has 0 atom stereocenters. The first-order valence-corrected chi connectivity index (χ1v) is 9.24. The summed E-state index contributed by atoms with van der Waals surface area (Å²) in [5.41, 5.74) is 3.12. The average Bonchev–Trinajstić information content (AvgIpc) is 2.68. The van der Waals surface area contributed by atoms with E-state index in [1.54, 1.807) is 25.7 Å². The van der Waals surface area contributed by atoms with Crippen molar-refractivity contribution in [3.63, 3.8) is 0 Å². The van der Waals surface area contributed by atoms with Crippen molar-refractivity contribution in [1.29, 1.82) is 0 Å². The standard InChI is InChI=1S/C22H22ClN3O2/c1-22(2,3)21(27)26-17-8-5-9-19(28-4)20(17)15-11-18(25-13-16(15)23)14-7-6-10-24-12-14/h5-13H,1-4H3,(H,26,27). The van der Waals surface area contributed by atoms with Gasteiger partial charge in [-0.25, -0.2) is 0 Å². The molecule has 6 heteroatoms. The van der Waals surface area contributed by atoms with Gasteiger partial charge in [0, 0.05) is 40.7 Å². The zero-order valence-electron chi connectivity index (χ0n) is 16.3. The van der Waals surface area contributed by atoms with Crippen LogP contribution in [0.3, 0.4) is 0 Å². The molecule has 1 N–H and O–H groups in total. The molecule has 3 aromatic rings. The molecule has 0 bridgehead atoms. The molecule has 0 spiro atoms. The van der Waals surface area contributed by atoms with Crippen LogP contribution in [0.2, 0.25) is 5.02 Å². The first-order chi connectivity index (χ1) is 13.3. The molecule has 144 valence electrons. The summed E-state index contributed by atoms with van der Waals surface area (Å²) < 4.78 is 5.57. The van der Waals surface area contributed by atoms with E-state index >= 15 is 0 Å². The molecule has 5 nitrogen and oxygen atoms in total.